The molecular weight excluding hydrogens is 534 g/mol. The Morgan fingerprint density at radius 1 is 1.15 bits per heavy atom. The molecule has 210 valence electrons. The number of primary amides is 1. The summed E-state index contributed by atoms with van der Waals surface area (Å²) in [7, 11) is 1.54. The van der Waals surface area contributed by atoms with E-state index in [2.05, 4.69) is 4.99 Å². The van der Waals surface area contributed by atoms with Gasteiger partial charge in [0, 0.05) is 0 Å². The number of hydrogen-bond acceptors (Lipinski definition) is 9. The molecule has 1 aromatic heterocycles. The number of carbonyl (C=O) groups is 2. The third-order valence-electron chi connectivity index (χ3n) is 5.94. The number of aromatic nitrogens is 1. The number of benzene rings is 2. The van der Waals surface area contributed by atoms with E-state index < -0.39 is 17.9 Å². The second kappa shape index (κ2) is 12.2. The molecule has 2 aromatic carbocycles. The van der Waals surface area contributed by atoms with Crippen LogP contribution in [0.2, 0.25) is 0 Å². The van der Waals surface area contributed by atoms with Crippen LogP contribution < -0.4 is 34.8 Å². The Balaban J connectivity index is 1.84. The molecule has 2 heterocycles. The molecule has 0 aliphatic carbocycles. The lowest BCUT2D eigenvalue weighted by Crippen LogP contribution is -2.40. The van der Waals surface area contributed by atoms with Crippen LogP contribution in [0.15, 0.2) is 63.5 Å². The Hall–Kier alpha value is -4.38. The standard InChI is InChI=1S/C29H31N3O7S/c1-6-37-28(35)25-17(4)31-29-32(26(25)19-9-12-21(39-16(2)3)22(14-19)36-5)27(34)23(40-29)13-18-7-10-20(11-8-18)38-15-24(30)33/h7-14,16,26H,6,15H2,1-5H3,(H2,30,33). The molecule has 2 N–H and O–H groups in total. The summed E-state index contributed by atoms with van der Waals surface area (Å²) in [4.78, 5) is 43.0. The normalized spacial score (nSPS) is 14.9. The van der Waals surface area contributed by atoms with E-state index in [9.17, 15) is 14.4 Å². The lowest BCUT2D eigenvalue weighted by Gasteiger charge is -2.25. The summed E-state index contributed by atoms with van der Waals surface area (Å²) in [5, 5.41) is 0. The zero-order chi connectivity index (χ0) is 29.0. The molecule has 0 fully saturated rings. The highest BCUT2D eigenvalue weighted by Crippen LogP contribution is 2.36. The fourth-order valence-electron chi connectivity index (χ4n) is 4.28. The minimum Gasteiger partial charge on any atom is -0.493 e. The van der Waals surface area contributed by atoms with Gasteiger partial charge in [-0.15, -0.1) is 0 Å². The molecule has 0 bridgehead atoms. The van der Waals surface area contributed by atoms with E-state index in [1.54, 1.807) is 56.3 Å². The van der Waals surface area contributed by atoms with E-state index in [1.807, 2.05) is 19.9 Å². The van der Waals surface area contributed by atoms with Crippen molar-refractivity contribution in [3.05, 3.63) is 84.5 Å². The largest absolute Gasteiger partial charge is 0.493 e. The third-order valence-corrected chi connectivity index (χ3v) is 6.93. The summed E-state index contributed by atoms with van der Waals surface area (Å²) < 4.78 is 24.1. The summed E-state index contributed by atoms with van der Waals surface area (Å²) in [6.45, 7) is 7.24. The van der Waals surface area contributed by atoms with Gasteiger partial charge in [-0.3, -0.25) is 14.2 Å². The summed E-state index contributed by atoms with van der Waals surface area (Å²) in [5.74, 6) is 0.388. The first-order valence-electron chi connectivity index (χ1n) is 12.7. The van der Waals surface area contributed by atoms with Crippen molar-refractivity contribution in [3.8, 4) is 17.2 Å². The van der Waals surface area contributed by atoms with Gasteiger partial charge in [0.1, 0.15) is 5.75 Å². The highest BCUT2D eigenvalue weighted by atomic mass is 32.1. The fraction of sp³-hybridized carbons (Fsp3) is 0.310. The van der Waals surface area contributed by atoms with Gasteiger partial charge in [-0.1, -0.05) is 29.5 Å². The Labute approximate surface area is 235 Å². The molecule has 0 radical (unpaired) electrons. The molecule has 40 heavy (non-hydrogen) atoms. The van der Waals surface area contributed by atoms with Crippen molar-refractivity contribution in [2.24, 2.45) is 10.7 Å². The molecule has 10 nitrogen and oxygen atoms in total. The van der Waals surface area contributed by atoms with E-state index in [0.717, 1.165) is 5.56 Å². The van der Waals surface area contributed by atoms with Gasteiger partial charge in [-0.25, -0.2) is 9.79 Å². The second-order valence-electron chi connectivity index (χ2n) is 9.20. The minimum atomic E-state index is -0.788. The van der Waals surface area contributed by atoms with Crippen molar-refractivity contribution in [2.45, 2.75) is 39.8 Å². The van der Waals surface area contributed by atoms with Crippen LogP contribution in [0.4, 0.5) is 0 Å². The number of hydrogen-bond donors (Lipinski definition) is 1. The zero-order valence-corrected chi connectivity index (χ0v) is 23.7. The number of amides is 1. The highest BCUT2D eigenvalue weighted by Gasteiger charge is 2.34. The van der Waals surface area contributed by atoms with E-state index in [-0.39, 0.29) is 30.5 Å². The Morgan fingerprint density at radius 3 is 2.50 bits per heavy atom. The van der Waals surface area contributed by atoms with Gasteiger partial charge in [-0.05, 0) is 69.2 Å². The average molecular weight is 566 g/mol. The summed E-state index contributed by atoms with van der Waals surface area (Å²) in [6.07, 6.45) is 1.67. The van der Waals surface area contributed by atoms with Crippen molar-refractivity contribution in [1.82, 2.24) is 4.57 Å². The maximum absolute atomic E-state index is 13.8. The molecule has 0 saturated carbocycles. The maximum Gasteiger partial charge on any atom is 0.338 e. The van der Waals surface area contributed by atoms with E-state index in [0.29, 0.717) is 37.8 Å². The van der Waals surface area contributed by atoms with Crippen LogP contribution in [0, 0.1) is 0 Å². The van der Waals surface area contributed by atoms with Crippen LogP contribution in [-0.4, -0.2) is 42.9 Å². The molecule has 1 atom stereocenters. The van der Waals surface area contributed by atoms with E-state index >= 15 is 0 Å². The third kappa shape index (κ3) is 6.09. The van der Waals surface area contributed by atoms with Crippen LogP contribution >= 0.6 is 11.3 Å². The van der Waals surface area contributed by atoms with Gasteiger partial charge in [0.15, 0.2) is 22.9 Å². The zero-order valence-electron chi connectivity index (χ0n) is 22.9. The number of esters is 1. The number of carbonyl (C=O) groups excluding carboxylic acids is 2. The molecule has 11 heteroatoms. The molecule has 1 aliphatic heterocycles. The van der Waals surface area contributed by atoms with Crippen LogP contribution in [0.3, 0.4) is 0 Å². The van der Waals surface area contributed by atoms with Gasteiger partial charge in [0.25, 0.3) is 11.5 Å². The number of nitrogens with zero attached hydrogens (tertiary/aromatic N) is 2. The lowest BCUT2D eigenvalue weighted by atomic mass is 9.95. The monoisotopic (exact) mass is 565 g/mol. The first-order valence-corrected chi connectivity index (χ1v) is 13.5. The number of rotatable bonds is 10. The predicted molar refractivity (Wildman–Crippen MR) is 150 cm³/mol. The Bertz CT molecular complexity index is 1640. The average Bonchev–Trinajstić information content (AvgIpc) is 3.21. The maximum atomic E-state index is 13.8. The number of allylic oxidation sites excluding steroid dienone is 1. The first kappa shape index (κ1) is 28.6. The number of nitrogens with two attached hydrogens (primary N) is 1. The van der Waals surface area contributed by atoms with Crippen molar-refractivity contribution < 1.29 is 28.5 Å². The lowest BCUT2D eigenvalue weighted by molar-refractivity contribution is -0.139. The first-order chi connectivity index (χ1) is 19.1. The van der Waals surface area contributed by atoms with Crippen molar-refractivity contribution in [2.75, 3.05) is 20.3 Å². The SMILES string of the molecule is CCOC(=O)C1=C(C)N=c2sc(=Cc3ccc(OCC(N)=O)cc3)c(=O)n2C1c1ccc(OC(C)C)c(OC)c1. The van der Waals surface area contributed by atoms with Crippen molar-refractivity contribution in [3.63, 3.8) is 0 Å². The summed E-state index contributed by atoms with van der Waals surface area (Å²) in [6, 6.07) is 11.5. The summed E-state index contributed by atoms with van der Waals surface area (Å²) in [5.41, 5.74) is 6.95. The molecule has 4 rings (SSSR count). The van der Waals surface area contributed by atoms with E-state index in [1.165, 1.54) is 23.0 Å². The molecule has 1 aliphatic rings. The Morgan fingerprint density at radius 2 is 1.88 bits per heavy atom. The van der Waals surface area contributed by atoms with Gasteiger partial charge in [0.05, 0.1) is 41.7 Å². The molecule has 0 spiro atoms. The van der Waals surface area contributed by atoms with Gasteiger partial charge < -0.3 is 24.7 Å². The highest BCUT2D eigenvalue weighted by molar-refractivity contribution is 7.07. The van der Waals surface area contributed by atoms with Gasteiger partial charge in [0.2, 0.25) is 0 Å². The molecular formula is C29H31N3O7S. The van der Waals surface area contributed by atoms with Crippen LogP contribution in [0.5, 0.6) is 17.2 Å². The molecule has 0 saturated heterocycles. The van der Waals surface area contributed by atoms with E-state index in [4.69, 9.17) is 24.7 Å². The summed E-state index contributed by atoms with van der Waals surface area (Å²) >= 11 is 1.22. The number of ether oxygens (including phenoxy) is 4. The Kier molecular flexibility index (Phi) is 8.73. The van der Waals surface area contributed by atoms with Gasteiger partial charge in [-0.2, -0.15) is 0 Å². The second-order valence-corrected chi connectivity index (χ2v) is 10.2. The van der Waals surface area contributed by atoms with Gasteiger partial charge >= 0.3 is 5.97 Å². The molecule has 1 unspecified atom stereocenters. The van der Waals surface area contributed by atoms with Crippen molar-refractivity contribution in [1.29, 1.82) is 0 Å². The predicted octanol–water partition coefficient (Wildman–Crippen LogP) is 2.46. The number of methoxy groups -OCH3 is 1. The topological polar surface area (TPSA) is 131 Å². The molecule has 1 amide bonds. The fourth-order valence-corrected chi connectivity index (χ4v) is 5.33. The van der Waals surface area contributed by atoms with Crippen LogP contribution in [-0.2, 0) is 14.3 Å². The van der Waals surface area contributed by atoms with Crippen LogP contribution in [0.1, 0.15) is 44.9 Å². The smallest absolute Gasteiger partial charge is 0.338 e. The minimum absolute atomic E-state index is 0.0709. The quantitative estimate of drug-likeness (QED) is 0.374. The number of thiazole rings is 1. The molecule has 3 aromatic rings. The van der Waals surface area contributed by atoms with Crippen LogP contribution in [0.25, 0.3) is 6.08 Å². The van der Waals surface area contributed by atoms with Crippen molar-refractivity contribution >= 4 is 29.3 Å². The number of fused-ring (bicyclic) bond motifs is 1.